The predicted octanol–water partition coefficient (Wildman–Crippen LogP) is 4.26. The Morgan fingerprint density at radius 2 is 2.00 bits per heavy atom. The van der Waals surface area contributed by atoms with E-state index in [0.717, 1.165) is 10.2 Å². The standard InChI is InChI=1S/C21H22N2O3S/c1-6-9-23-17-11-13(2)10-14(3)19(17)27-21(23)22-20(24)16-12-15(25-4)7-8-18(16)26-5/h6-8,10-12H,1,9H2,2-5H3. The summed E-state index contributed by atoms with van der Waals surface area (Å²) in [5.41, 5.74) is 3.76. The summed E-state index contributed by atoms with van der Waals surface area (Å²) in [6, 6.07) is 9.34. The highest BCUT2D eigenvalue weighted by atomic mass is 32.1. The van der Waals surface area contributed by atoms with Crippen LogP contribution in [-0.4, -0.2) is 24.7 Å². The number of ether oxygens (including phenoxy) is 2. The first-order chi connectivity index (χ1) is 13.0. The zero-order valence-electron chi connectivity index (χ0n) is 15.9. The number of amides is 1. The van der Waals surface area contributed by atoms with Crippen molar-refractivity contribution in [3.05, 3.63) is 64.5 Å². The number of carbonyl (C=O) groups excluding carboxylic acids is 1. The number of aromatic nitrogens is 1. The highest BCUT2D eigenvalue weighted by Crippen LogP contribution is 2.26. The van der Waals surface area contributed by atoms with E-state index >= 15 is 0 Å². The minimum Gasteiger partial charge on any atom is -0.497 e. The van der Waals surface area contributed by atoms with Crippen molar-refractivity contribution in [3.63, 3.8) is 0 Å². The molecule has 3 rings (SSSR count). The van der Waals surface area contributed by atoms with Crippen LogP contribution < -0.4 is 14.3 Å². The Labute approximate surface area is 162 Å². The van der Waals surface area contributed by atoms with Gasteiger partial charge in [-0.2, -0.15) is 4.99 Å². The van der Waals surface area contributed by atoms with Crippen LogP contribution in [-0.2, 0) is 6.54 Å². The number of fused-ring (bicyclic) bond motifs is 1. The van der Waals surface area contributed by atoms with Crippen LogP contribution in [0.2, 0.25) is 0 Å². The third-order valence-corrected chi connectivity index (χ3v) is 5.49. The summed E-state index contributed by atoms with van der Waals surface area (Å²) in [4.78, 5) is 17.9. The van der Waals surface area contributed by atoms with E-state index in [0.29, 0.717) is 28.4 Å². The highest BCUT2D eigenvalue weighted by molar-refractivity contribution is 7.16. The van der Waals surface area contributed by atoms with Gasteiger partial charge in [0.2, 0.25) is 0 Å². The lowest BCUT2D eigenvalue weighted by molar-refractivity contribution is 0.0994. The molecule has 0 N–H and O–H groups in total. The van der Waals surface area contributed by atoms with Crippen molar-refractivity contribution in [1.29, 1.82) is 0 Å². The first-order valence-corrected chi connectivity index (χ1v) is 9.32. The maximum atomic E-state index is 12.9. The Kier molecular flexibility index (Phi) is 5.46. The van der Waals surface area contributed by atoms with Crippen LogP contribution in [0.15, 0.2) is 48.0 Å². The number of hydrogen-bond acceptors (Lipinski definition) is 4. The van der Waals surface area contributed by atoms with Crippen LogP contribution in [0.1, 0.15) is 21.5 Å². The van der Waals surface area contributed by atoms with Gasteiger partial charge in [0.1, 0.15) is 11.5 Å². The molecule has 140 valence electrons. The Morgan fingerprint density at radius 1 is 1.22 bits per heavy atom. The van der Waals surface area contributed by atoms with Gasteiger partial charge < -0.3 is 14.0 Å². The highest BCUT2D eigenvalue weighted by Gasteiger charge is 2.15. The van der Waals surface area contributed by atoms with E-state index in [9.17, 15) is 4.79 Å². The van der Waals surface area contributed by atoms with Crippen molar-refractivity contribution in [2.45, 2.75) is 20.4 Å². The fraction of sp³-hybridized carbons (Fsp3) is 0.238. The Hall–Kier alpha value is -2.86. The molecule has 27 heavy (non-hydrogen) atoms. The first kappa shape index (κ1) is 18.9. The summed E-state index contributed by atoms with van der Waals surface area (Å²) in [6.07, 6.45) is 1.81. The summed E-state index contributed by atoms with van der Waals surface area (Å²) >= 11 is 1.50. The molecule has 3 aromatic rings. The smallest absolute Gasteiger partial charge is 0.283 e. The molecule has 0 saturated heterocycles. The first-order valence-electron chi connectivity index (χ1n) is 8.51. The molecular formula is C21H22N2O3S. The van der Waals surface area contributed by atoms with Crippen molar-refractivity contribution in [1.82, 2.24) is 4.57 Å². The van der Waals surface area contributed by atoms with E-state index in [1.54, 1.807) is 31.4 Å². The molecule has 1 aromatic heterocycles. The lowest BCUT2D eigenvalue weighted by atomic mass is 10.1. The molecule has 0 saturated carbocycles. The number of thiazole rings is 1. The summed E-state index contributed by atoms with van der Waals surface area (Å²) in [7, 11) is 3.09. The Balaban J connectivity index is 2.21. The SMILES string of the molecule is C=CCn1c(=NC(=O)c2cc(OC)ccc2OC)sc2c(C)cc(C)cc21. The maximum Gasteiger partial charge on any atom is 0.283 e. The zero-order chi connectivity index (χ0) is 19.6. The number of rotatable bonds is 5. The van der Waals surface area contributed by atoms with Gasteiger partial charge in [0.05, 0.1) is 30.0 Å². The fourth-order valence-corrected chi connectivity index (χ4v) is 4.12. The van der Waals surface area contributed by atoms with Gasteiger partial charge in [-0.05, 0) is 49.2 Å². The number of benzene rings is 2. The number of aryl methyl sites for hydroxylation is 2. The third kappa shape index (κ3) is 3.66. The molecule has 5 nitrogen and oxygen atoms in total. The molecule has 0 fully saturated rings. The van der Waals surface area contributed by atoms with Crippen LogP contribution in [0.25, 0.3) is 10.2 Å². The molecule has 0 spiro atoms. The van der Waals surface area contributed by atoms with Crippen molar-refractivity contribution in [2.75, 3.05) is 14.2 Å². The summed E-state index contributed by atoms with van der Waals surface area (Å²) in [5, 5.41) is 0. The van der Waals surface area contributed by atoms with Gasteiger partial charge in [0, 0.05) is 6.54 Å². The van der Waals surface area contributed by atoms with Crippen LogP contribution >= 0.6 is 11.3 Å². The molecule has 1 heterocycles. The lowest BCUT2D eigenvalue weighted by Crippen LogP contribution is -2.16. The van der Waals surface area contributed by atoms with Crippen molar-refractivity contribution < 1.29 is 14.3 Å². The molecule has 0 atom stereocenters. The second-order valence-corrected chi connectivity index (χ2v) is 7.17. The second kappa shape index (κ2) is 7.80. The average molecular weight is 382 g/mol. The van der Waals surface area contributed by atoms with E-state index < -0.39 is 0 Å². The second-order valence-electron chi connectivity index (χ2n) is 6.20. The molecule has 0 radical (unpaired) electrons. The van der Waals surface area contributed by atoms with Gasteiger partial charge in [-0.1, -0.05) is 23.5 Å². The van der Waals surface area contributed by atoms with E-state index in [4.69, 9.17) is 9.47 Å². The number of carbonyl (C=O) groups is 1. The monoisotopic (exact) mass is 382 g/mol. The molecule has 0 unspecified atom stereocenters. The molecule has 0 aliphatic rings. The number of methoxy groups -OCH3 is 2. The number of hydrogen-bond donors (Lipinski definition) is 0. The van der Waals surface area contributed by atoms with Gasteiger partial charge in [-0.15, -0.1) is 6.58 Å². The third-order valence-electron chi connectivity index (χ3n) is 4.26. The molecule has 0 bridgehead atoms. The predicted molar refractivity (Wildman–Crippen MR) is 109 cm³/mol. The number of allylic oxidation sites excluding steroid dienone is 1. The van der Waals surface area contributed by atoms with Crippen LogP contribution in [0.3, 0.4) is 0 Å². The van der Waals surface area contributed by atoms with E-state index in [2.05, 4.69) is 37.6 Å². The molecule has 1 amide bonds. The maximum absolute atomic E-state index is 12.9. The lowest BCUT2D eigenvalue weighted by Gasteiger charge is -2.07. The van der Waals surface area contributed by atoms with Gasteiger partial charge in [-0.3, -0.25) is 4.79 Å². The minimum atomic E-state index is -0.371. The average Bonchev–Trinajstić information content (AvgIpc) is 2.99. The van der Waals surface area contributed by atoms with Gasteiger partial charge in [0.15, 0.2) is 4.80 Å². The zero-order valence-corrected chi connectivity index (χ0v) is 16.7. The van der Waals surface area contributed by atoms with Crippen molar-refractivity contribution in [2.24, 2.45) is 4.99 Å². The van der Waals surface area contributed by atoms with E-state index in [-0.39, 0.29) is 5.91 Å². The largest absolute Gasteiger partial charge is 0.497 e. The summed E-state index contributed by atoms with van der Waals surface area (Å²) < 4.78 is 13.7. The van der Waals surface area contributed by atoms with Crippen LogP contribution in [0, 0.1) is 13.8 Å². The number of nitrogens with zero attached hydrogens (tertiary/aromatic N) is 2. The minimum absolute atomic E-state index is 0.368. The quantitative estimate of drug-likeness (QED) is 0.620. The molecule has 2 aromatic carbocycles. The molecule has 0 aliphatic heterocycles. The topological polar surface area (TPSA) is 52.8 Å². The van der Waals surface area contributed by atoms with Gasteiger partial charge in [-0.25, -0.2) is 0 Å². The molecule has 0 aliphatic carbocycles. The molecule has 6 heteroatoms. The normalized spacial score (nSPS) is 11.6. The molecular weight excluding hydrogens is 360 g/mol. The summed E-state index contributed by atoms with van der Waals surface area (Å²) in [5.74, 6) is 0.675. The van der Waals surface area contributed by atoms with E-state index in [1.807, 2.05) is 4.57 Å². The van der Waals surface area contributed by atoms with Crippen molar-refractivity contribution >= 4 is 27.5 Å². The van der Waals surface area contributed by atoms with Crippen LogP contribution in [0.5, 0.6) is 11.5 Å². The van der Waals surface area contributed by atoms with Gasteiger partial charge >= 0.3 is 0 Å². The Morgan fingerprint density at radius 3 is 2.67 bits per heavy atom. The fourth-order valence-electron chi connectivity index (χ4n) is 3.03. The van der Waals surface area contributed by atoms with Crippen molar-refractivity contribution in [3.8, 4) is 11.5 Å². The van der Waals surface area contributed by atoms with Gasteiger partial charge in [0.25, 0.3) is 5.91 Å². The Bertz CT molecular complexity index is 1090. The van der Waals surface area contributed by atoms with E-state index in [1.165, 1.54) is 29.6 Å². The summed E-state index contributed by atoms with van der Waals surface area (Å²) in [6.45, 7) is 8.54. The van der Waals surface area contributed by atoms with Crippen LogP contribution in [0.4, 0.5) is 0 Å².